The molecular weight excluding hydrogens is 236 g/mol. The summed E-state index contributed by atoms with van der Waals surface area (Å²) < 4.78 is 10.5. The van der Waals surface area contributed by atoms with E-state index in [1.807, 2.05) is 0 Å². The smallest absolute Gasteiger partial charge is 0.356 e. The summed E-state index contributed by atoms with van der Waals surface area (Å²) in [7, 11) is -0.581. The molecule has 0 radical (unpaired) electrons. The van der Waals surface area contributed by atoms with Gasteiger partial charge in [-0.1, -0.05) is 20.8 Å². The second-order valence-electron chi connectivity index (χ2n) is 5.47. The molecule has 6 heteroatoms. The molecule has 0 amide bonds. The highest BCUT2D eigenvalue weighted by molar-refractivity contribution is 6.74. The summed E-state index contributed by atoms with van der Waals surface area (Å²) >= 11 is 0. The highest BCUT2D eigenvalue weighted by atomic mass is 28.4. The number of rotatable bonds is 3. The number of H-pyrrole nitrogens is 1. The van der Waals surface area contributed by atoms with Gasteiger partial charge < -0.3 is 9.16 Å². The van der Waals surface area contributed by atoms with Crippen LogP contribution in [-0.4, -0.2) is 31.6 Å². The summed E-state index contributed by atoms with van der Waals surface area (Å²) in [6.07, 6.45) is 0. The van der Waals surface area contributed by atoms with E-state index in [9.17, 15) is 4.79 Å². The van der Waals surface area contributed by atoms with Crippen LogP contribution in [0.2, 0.25) is 18.1 Å². The maximum atomic E-state index is 11.3. The minimum Gasteiger partial charge on any atom is -0.530 e. The Labute approximate surface area is 103 Å². The van der Waals surface area contributed by atoms with Crippen molar-refractivity contribution in [2.24, 2.45) is 0 Å². The molecule has 0 bridgehead atoms. The van der Waals surface area contributed by atoms with Crippen LogP contribution in [0.1, 0.15) is 31.3 Å². The minimum absolute atomic E-state index is 0.0946. The van der Waals surface area contributed by atoms with Crippen molar-refractivity contribution >= 4 is 14.3 Å². The van der Waals surface area contributed by atoms with Crippen LogP contribution in [0.15, 0.2) is 6.07 Å². The number of hydrogen-bond acceptors (Lipinski definition) is 4. The predicted octanol–water partition coefficient (Wildman–Crippen LogP) is 2.58. The second kappa shape index (κ2) is 4.52. The Hall–Kier alpha value is -1.30. The van der Waals surface area contributed by atoms with E-state index in [-0.39, 0.29) is 5.04 Å². The van der Waals surface area contributed by atoms with Crippen molar-refractivity contribution in [2.45, 2.75) is 38.9 Å². The molecule has 5 nitrogen and oxygen atoms in total. The van der Waals surface area contributed by atoms with Crippen molar-refractivity contribution in [2.75, 3.05) is 7.11 Å². The first-order chi connectivity index (χ1) is 7.67. The Balaban J connectivity index is 2.83. The molecule has 1 rings (SSSR count). The molecule has 1 heterocycles. The van der Waals surface area contributed by atoms with Crippen molar-refractivity contribution in [1.29, 1.82) is 0 Å². The van der Waals surface area contributed by atoms with E-state index in [4.69, 9.17) is 4.43 Å². The zero-order chi connectivity index (χ0) is 13.3. The lowest BCUT2D eigenvalue weighted by molar-refractivity contribution is 0.0594. The molecule has 0 spiro atoms. The van der Waals surface area contributed by atoms with Crippen LogP contribution in [0.4, 0.5) is 0 Å². The summed E-state index contributed by atoms with van der Waals surface area (Å²) in [6, 6.07) is 1.58. The van der Waals surface area contributed by atoms with Gasteiger partial charge in [-0.25, -0.2) is 4.79 Å². The van der Waals surface area contributed by atoms with Gasteiger partial charge in [-0.2, -0.15) is 0 Å². The number of carbonyl (C=O) groups is 1. The van der Waals surface area contributed by atoms with Crippen molar-refractivity contribution in [3.8, 4) is 5.88 Å². The van der Waals surface area contributed by atoms with Gasteiger partial charge in [-0.3, -0.25) is 5.10 Å². The van der Waals surface area contributed by atoms with Crippen molar-refractivity contribution in [3.63, 3.8) is 0 Å². The van der Waals surface area contributed by atoms with Crippen molar-refractivity contribution in [3.05, 3.63) is 11.8 Å². The molecule has 0 unspecified atom stereocenters. The van der Waals surface area contributed by atoms with Gasteiger partial charge >= 0.3 is 5.97 Å². The molecular formula is C11H20N2O3Si. The fraction of sp³-hybridized carbons (Fsp3) is 0.636. The minimum atomic E-state index is -1.91. The van der Waals surface area contributed by atoms with E-state index in [0.29, 0.717) is 11.6 Å². The van der Waals surface area contributed by atoms with Crippen molar-refractivity contribution < 1.29 is 14.0 Å². The highest BCUT2D eigenvalue weighted by Crippen LogP contribution is 2.36. The molecule has 17 heavy (non-hydrogen) atoms. The Bertz CT molecular complexity index is 407. The van der Waals surface area contributed by atoms with Crippen LogP contribution in [0.3, 0.4) is 0 Å². The lowest BCUT2D eigenvalue weighted by Crippen LogP contribution is -2.43. The lowest BCUT2D eigenvalue weighted by Gasteiger charge is -2.35. The zero-order valence-corrected chi connectivity index (χ0v) is 12.2. The number of methoxy groups -OCH3 is 1. The molecule has 0 aliphatic rings. The third-order valence-electron chi connectivity index (χ3n) is 3.13. The van der Waals surface area contributed by atoms with Gasteiger partial charge in [-0.05, 0) is 18.1 Å². The van der Waals surface area contributed by atoms with Crippen LogP contribution < -0.4 is 4.43 Å². The van der Waals surface area contributed by atoms with E-state index in [2.05, 4.69) is 48.8 Å². The summed E-state index contributed by atoms with van der Waals surface area (Å²) in [4.78, 5) is 11.3. The molecule has 1 aromatic heterocycles. The number of nitrogens with zero attached hydrogens (tertiary/aromatic N) is 1. The van der Waals surface area contributed by atoms with E-state index in [0.717, 1.165) is 0 Å². The summed E-state index contributed by atoms with van der Waals surface area (Å²) in [5.74, 6) is 0.0135. The molecule has 0 atom stereocenters. The molecule has 0 fully saturated rings. The molecule has 0 saturated heterocycles. The summed E-state index contributed by atoms with van der Waals surface area (Å²) in [5.41, 5.74) is 0.307. The Kier molecular flexibility index (Phi) is 3.66. The average molecular weight is 256 g/mol. The van der Waals surface area contributed by atoms with E-state index < -0.39 is 14.3 Å². The third kappa shape index (κ3) is 3.09. The molecule has 0 aliphatic carbocycles. The van der Waals surface area contributed by atoms with Crippen LogP contribution in [0, 0.1) is 0 Å². The van der Waals surface area contributed by atoms with Crippen LogP contribution in [0.5, 0.6) is 5.88 Å². The maximum absolute atomic E-state index is 11.3. The topological polar surface area (TPSA) is 64.2 Å². The number of aromatic nitrogens is 2. The third-order valence-corrected chi connectivity index (χ3v) is 7.46. The quantitative estimate of drug-likeness (QED) is 0.667. The molecule has 0 aromatic carbocycles. The van der Waals surface area contributed by atoms with Gasteiger partial charge in [0.15, 0.2) is 0 Å². The number of nitrogens with one attached hydrogen (secondary N) is 1. The van der Waals surface area contributed by atoms with Gasteiger partial charge in [0.1, 0.15) is 5.69 Å². The Morgan fingerprint density at radius 2 is 2.00 bits per heavy atom. The summed E-state index contributed by atoms with van der Waals surface area (Å²) in [6.45, 7) is 10.7. The molecule has 96 valence electrons. The van der Waals surface area contributed by atoms with E-state index >= 15 is 0 Å². The maximum Gasteiger partial charge on any atom is 0.356 e. The van der Waals surface area contributed by atoms with Crippen LogP contribution in [-0.2, 0) is 4.74 Å². The Morgan fingerprint density at radius 1 is 1.41 bits per heavy atom. The molecule has 1 N–H and O–H groups in total. The first-order valence-corrected chi connectivity index (χ1v) is 8.41. The first-order valence-electron chi connectivity index (χ1n) is 5.50. The van der Waals surface area contributed by atoms with Gasteiger partial charge in [0.05, 0.1) is 7.11 Å². The fourth-order valence-corrected chi connectivity index (χ4v) is 1.92. The fourth-order valence-electron chi connectivity index (χ4n) is 0.985. The number of hydrogen-bond donors (Lipinski definition) is 1. The van der Waals surface area contributed by atoms with Crippen LogP contribution in [0.25, 0.3) is 0 Å². The largest absolute Gasteiger partial charge is 0.530 e. The van der Waals surface area contributed by atoms with Crippen LogP contribution >= 0.6 is 0 Å². The van der Waals surface area contributed by atoms with Gasteiger partial charge in [0.25, 0.3) is 8.32 Å². The van der Waals surface area contributed by atoms with E-state index in [1.54, 1.807) is 6.07 Å². The summed E-state index contributed by atoms with van der Waals surface area (Å²) in [5, 5.41) is 6.67. The predicted molar refractivity (Wildman–Crippen MR) is 67.8 cm³/mol. The van der Waals surface area contributed by atoms with Crippen molar-refractivity contribution in [1.82, 2.24) is 10.2 Å². The molecule has 1 aromatic rings. The van der Waals surface area contributed by atoms with Gasteiger partial charge in [-0.15, -0.1) is 5.10 Å². The lowest BCUT2D eigenvalue weighted by atomic mass is 10.2. The first kappa shape index (κ1) is 13.8. The number of aromatic amines is 1. The normalized spacial score (nSPS) is 12.4. The number of carbonyl (C=O) groups excluding carboxylic acids is 1. The van der Waals surface area contributed by atoms with E-state index in [1.165, 1.54) is 7.11 Å². The number of esters is 1. The Morgan fingerprint density at radius 3 is 2.47 bits per heavy atom. The molecule has 0 saturated carbocycles. The zero-order valence-electron chi connectivity index (χ0n) is 11.2. The standard InChI is InChI=1S/C11H20N2O3Si/c1-11(2,3)17(5,6)16-9-7-8(12-13-9)10(14)15-4/h7H,1-6H3,(H,12,13). The van der Waals surface area contributed by atoms with Gasteiger partial charge in [0, 0.05) is 6.07 Å². The monoisotopic (exact) mass is 256 g/mol. The van der Waals surface area contributed by atoms with Gasteiger partial charge in [0.2, 0.25) is 5.88 Å². The number of ether oxygens (including phenoxy) is 1. The molecule has 0 aliphatic heterocycles. The average Bonchev–Trinajstić information content (AvgIpc) is 2.62. The highest BCUT2D eigenvalue weighted by Gasteiger charge is 2.39. The SMILES string of the molecule is COC(=O)c1cc(O[Si](C)(C)C(C)(C)C)n[nH]1. The second-order valence-corrected chi connectivity index (χ2v) is 10.2.